The number of anilines is 1. The minimum Gasteiger partial charge on any atom is -0.383 e. The van der Waals surface area contributed by atoms with Crippen molar-refractivity contribution in [2.24, 2.45) is 0 Å². The zero-order chi connectivity index (χ0) is 17.9. The van der Waals surface area contributed by atoms with Gasteiger partial charge in [-0.15, -0.1) is 0 Å². The molecule has 2 aromatic carbocycles. The van der Waals surface area contributed by atoms with Gasteiger partial charge in [0.05, 0.1) is 0 Å². The van der Waals surface area contributed by atoms with Crippen LogP contribution in [0.3, 0.4) is 0 Å². The molecule has 26 heavy (non-hydrogen) atoms. The predicted octanol–water partition coefficient (Wildman–Crippen LogP) is 3.64. The molecule has 0 saturated carbocycles. The molecule has 0 radical (unpaired) electrons. The summed E-state index contributed by atoms with van der Waals surface area (Å²) in [6.07, 6.45) is 3.67. The summed E-state index contributed by atoms with van der Waals surface area (Å²) in [5.41, 5.74) is 3.40. The third kappa shape index (κ3) is 3.24. The van der Waals surface area contributed by atoms with E-state index in [-0.39, 0.29) is 5.91 Å². The van der Waals surface area contributed by atoms with Gasteiger partial charge in [-0.05, 0) is 36.1 Å². The van der Waals surface area contributed by atoms with E-state index in [9.17, 15) is 4.79 Å². The van der Waals surface area contributed by atoms with E-state index < -0.39 is 0 Å². The number of benzene rings is 2. The number of nitrogens with zero attached hydrogens (tertiary/aromatic N) is 2. The number of imidazole rings is 1. The van der Waals surface area contributed by atoms with Crippen LogP contribution in [-0.4, -0.2) is 28.4 Å². The first kappa shape index (κ1) is 16.1. The fourth-order valence-electron chi connectivity index (χ4n) is 3.04. The standard InChI is InChI=1S/C21H20N4O/c1-15-9-12-25-14-19(24-20(25)13-15)21(26)23-11-10-22-18-8-4-6-16-5-2-3-7-17(16)18/h2-9,12-14,22H,10-11H2,1H3,(H,23,26). The van der Waals surface area contributed by atoms with E-state index in [2.05, 4.69) is 39.9 Å². The van der Waals surface area contributed by atoms with Crippen molar-refractivity contribution in [1.82, 2.24) is 14.7 Å². The molecular weight excluding hydrogens is 324 g/mol. The van der Waals surface area contributed by atoms with E-state index in [1.54, 1.807) is 6.20 Å². The molecule has 0 aliphatic rings. The molecular formula is C21H20N4O. The summed E-state index contributed by atoms with van der Waals surface area (Å²) in [6.45, 7) is 3.18. The first-order valence-electron chi connectivity index (χ1n) is 8.66. The third-order valence-corrected chi connectivity index (χ3v) is 4.36. The van der Waals surface area contributed by atoms with Gasteiger partial charge < -0.3 is 15.0 Å². The number of pyridine rings is 1. The van der Waals surface area contributed by atoms with E-state index in [0.717, 1.165) is 16.9 Å². The Hall–Kier alpha value is -3.34. The number of aryl methyl sites for hydroxylation is 1. The Morgan fingerprint density at radius 1 is 1.08 bits per heavy atom. The average Bonchev–Trinajstić information content (AvgIpc) is 3.08. The van der Waals surface area contributed by atoms with Crippen LogP contribution in [0.25, 0.3) is 16.4 Å². The Bertz CT molecular complexity index is 1080. The minimum absolute atomic E-state index is 0.161. The fraction of sp³-hybridized carbons (Fsp3) is 0.143. The quantitative estimate of drug-likeness (QED) is 0.544. The molecule has 0 unspecified atom stereocenters. The van der Waals surface area contributed by atoms with Crippen molar-refractivity contribution < 1.29 is 4.79 Å². The lowest BCUT2D eigenvalue weighted by Gasteiger charge is -2.10. The van der Waals surface area contributed by atoms with Crippen molar-refractivity contribution in [1.29, 1.82) is 0 Å². The van der Waals surface area contributed by atoms with Crippen LogP contribution >= 0.6 is 0 Å². The van der Waals surface area contributed by atoms with E-state index in [1.807, 2.05) is 47.9 Å². The van der Waals surface area contributed by atoms with Crippen LogP contribution < -0.4 is 10.6 Å². The highest BCUT2D eigenvalue weighted by Crippen LogP contribution is 2.22. The first-order valence-corrected chi connectivity index (χ1v) is 8.66. The summed E-state index contributed by atoms with van der Waals surface area (Å²) < 4.78 is 1.86. The van der Waals surface area contributed by atoms with Crippen molar-refractivity contribution in [3.8, 4) is 0 Å². The Morgan fingerprint density at radius 2 is 1.92 bits per heavy atom. The molecule has 2 N–H and O–H groups in total. The Kier molecular flexibility index (Phi) is 4.27. The highest BCUT2D eigenvalue weighted by atomic mass is 16.1. The fourth-order valence-corrected chi connectivity index (χ4v) is 3.04. The molecule has 0 fully saturated rings. The van der Waals surface area contributed by atoms with Crippen molar-refractivity contribution in [2.45, 2.75) is 6.92 Å². The number of nitrogens with one attached hydrogen (secondary N) is 2. The van der Waals surface area contributed by atoms with E-state index in [1.165, 1.54) is 10.8 Å². The third-order valence-electron chi connectivity index (χ3n) is 4.36. The Balaban J connectivity index is 1.37. The van der Waals surface area contributed by atoms with Gasteiger partial charge in [0.15, 0.2) is 0 Å². The molecule has 130 valence electrons. The summed E-state index contributed by atoms with van der Waals surface area (Å²) in [4.78, 5) is 16.7. The first-order chi connectivity index (χ1) is 12.7. The summed E-state index contributed by atoms with van der Waals surface area (Å²) in [5.74, 6) is -0.161. The topological polar surface area (TPSA) is 58.4 Å². The van der Waals surface area contributed by atoms with E-state index in [4.69, 9.17) is 0 Å². The van der Waals surface area contributed by atoms with Crippen LogP contribution in [0, 0.1) is 6.92 Å². The average molecular weight is 344 g/mol. The second-order valence-electron chi connectivity index (χ2n) is 6.31. The number of rotatable bonds is 5. The molecule has 5 heteroatoms. The normalized spacial score (nSPS) is 11.0. The number of amides is 1. The van der Waals surface area contributed by atoms with Crippen LogP contribution in [0.4, 0.5) is 5.69 Å². The molecule has 0 aliphatic carbocycles. The lowest BCUT2D eigenvalue weighted by molar-refractivity contribution is 0.0951. The monoisotopic (exact) mass is 344 g/mol. The van der Waals surface area contributed by atoms with Crippen LogP contribution in [-0.2, 0) is 0 Å². The van der Waals surface area contributed by atoms with Crippen LogP contribution in [0.5, 0.6) is 0 Å². The second kappa shape index (κ2) is 6.88. The summed E-state index contributed by atoms with van der Waals surface area (Å²) in [6, 6.07) is 18.4. The van der Waals surface area contributed by atoms with Gasteiger partial charge in [0.2, 0.25) is 0 Å². The predicted molar refractivity (Wildman–Crippen MR) is 105 cm³/mol. The van der Waals surface area contributed by atoms with Gasteiger partial charge >= 0.3 is 0 Å². The highest BCUT2D eigenvalue weighted by Gasteiger charge is 2.10. The summed E-state index contributed by atoms with van der Waals surface area (Å²) in [5, 5.41) is 8.68. The van der Waals surface area contributed by atoms with Crippen molar-refractivity contribution in [2.75, 3.05) is 18.4 Å². The molecule has 0 saturated heterocycles. The number of hydrogen-bond acceptors (Lipinski definition) is 3. The van der Waals surface area contributed by atoms with Gasteiger partial charge in [0.25, 0.3) is 5.91 Å². The van der Waals surface area contributed by atoms with E-state index in [0.29, 0.717) is 18.8 Å². The van der Waals surface area contributed by atoms with E-state index >= 15 is 0 Å². The van der Waals surface area contributed by atoms with Crippen LogP contribution in [0.15, 0.2) is 67.0 Å². The maximum absolute atomic E-state index is 12.3. The smallest absolute Gasteiger partial charge is 0.271 e. The maximum atomic E-state index is 12.3. The van der Waals surface area contributed by atoms with Crippen molar-refractivity contribution in [3.63, 3.8) is 0 Å². The zero-order valence-electron chi connectivity index (χ0n) is 14.6. The van der Waals surface area contributed by atoms with Gasteiger partial charge in [-0.1, -0.05) is 36.4 Å². The molecule has 2 heterocycles. The van der Waals surface area contributed by atoms with Gasteiger partial charge in [-0.25, -0.2) is 4.98 Å². The van der Waals surface area contributed by atoms with Gasteiger partial charge in [0.1, 0.15) is 11.3 Å². The molecule has 0 bridgehead atoms. The van der Waals surface area contributed by atoms with Gasteiger partial charge in [-0.2, -0.15) is 0 Å². The van der Waals surface area contributed by atoms with Gasteiger partial charge in [-0.3, -0.25) is 4.79 Å². The van der Waals surface area contributed by atoms with Crippen LogP contribution in [0.1, 0.15) is 16.1 Å². The highest BCUT2D eigenvalue weighted by molar-refractivity contribution is 5.94. The Morgan fingerprint density at radius 3 is 2.85 bits per heavy atom. The SMILES string of the molecule is Cc1ccn2cc(C(=O)NCCNc3cccc4ccccc34)nc2c1. The molecule has 5 nitrogen and oxygen atoms in total. The van der Waals surface area contributed by atoms with Crippen LogP contribution in [0.2, 0.25) is 0 Å². The number of hydrogen-bond donors (Lipinski definition) is 2. The lowest BCUT2D eigenvalue weighted by atomic mass is 10.1. The summed E-state index contributed by atoms with van der Waals surface area (Å²) >= 11 is 0. The lowest BCUT2D eigenvalue weighted by Crippen LogP contribution is -2.29. The second-order valence-corrected chi connectivity index (χ2v) is 6.31. The minimum atomic E-state index is -0.161. The largest absolute Gasteiger partial charge is 0.383 e. The summed E-state index contributed by atoms with van der Waals surface area (Å²) in [7, 11) is 0. The van der Waals surface area contributed by atoms with Crippen molar-refractivity contribution >= 4 is 28.0 Å². The maximum Gasteiger partial charge on any atom is 0.271 e. The molecule has 0 aliphatic heterocycles. The molecule has 0 spiro atoms. The molecule has 2 aromatic heterocycles. The number of aromatic nitrogens is 2. The van der Waals surface area contributed by atoms with Gasteiger partial charge in [0, 0.05) is 36.6 Å². The molecule has 4 aromatic rings. The van der Waals surface area contributed by atoms with Crippen molar-refractivity contribution in [3.05, 3.63) is 78.2 Å². The zero-order valence-corrected chi connectivity index (χ0v) is 14.6. The number of fused-ring (bicyclic) bond motifs is 2. The molecule has 4 rings (SSSR count). The molecule has 1 amide bonds. The Labute approximate surface area is 151 Å². The molecule has 0 atom stereocenters. The number of carbonyl (C=O) groups excluding carboxylic acids is 1. The number of carbonyl (C=O) groups is 1.